The van der Waals surface area contributed by atoms with Gasteiger partial charge in [-0.1, -0.05) is 0 Å². The summed E-state index contributed by atoms with van der Waals surface area (Å²) in [6, 6.07) is 0.303. The number of fused-ring (bicyclic) bond motifs is 2. The van der Waals surface area contributed by atoms with Gasteiger partial charge in [-0.15, -0.1) is 0 Å². The van der Waals surface area contributed by atoms with E-state index in [0.717, 1.165) is 12.7 Å². The molecule has 0 radical (unpaired) electrons. The molecule has 0 aliphatic carbocycles. The first kappa shape index (κ1) is 17.6. The molecule has 0 spiro atoms. The summed E-state index contributed by atoms with van der Waals surface area (Å²) in [6.07, 6.45) is 0.522. The molecule has 2 fully saturated rings. The third-order valence-corrected chi connectivity index (χ3v) is 5.60. The number of rotatable bonds is 2. The fourth-order valence-corrected chi connectivity index (χ4v) is 4.17. The van der Waals surface area contributed by atoms with Gasteiger partial charge in [-0.25, -0.2) is 9.97 Å². The molecule has 1 amide bonds. The third kappa shape index (κ3) is 2.76. The first-order chi connectivity index (χ1) is 12.4. The summed E-state index contributed by atoms with van der Waals surface area (Å²) in [5.41, 5.74) is 6.22. The van der Waals surface area contributed by atoms with Crippen LogP contribution in [0.4, 0.5) is 10.2 Å². The molecule has 10 heteroatoms. The molecule has 0 saturated carbocycles. The van der Waals surface area contributed by atoms with Crippen molar-refractivity contribution in [2.75, 3.05) is 32.0 Å². The lowest BCUT2D eigenvalue weighted by atomic mass is 10.1. The van der Waals surface area contributed by atoms with Gasteiger partial charge in [0.2, 0.25) is 11.9 Å². The summed E-state index contributed by atoms with van der Waals surface area (Å²) in [5.74, 6) is 0.0252. The Morgan fingerprint density at radius 3 is 2.92 bits per heavy atom. The maximum Gasteiger partial charge on any atom is 0.237 e. The fraction of sp³-hybridized carbons (Fsp3) is 0.562. The maximum atomic E-state index is 14.4. The summed E-state index contributed by atoms with van der Waals surface area (Å²) in [5, 5.41) is 0. The number of piperazine rings is 1. The Morgan fingerprint density at radius 1 is 1.42 bits per heavy atom. The zero-order valence-corrected chi connectivity index (χ0v) is 16.1. The van der Waals surface area contributed by atoms with Gasteiger partial charge in [-0.05, 0) is 29.8 Å². The van der Waals surface area contributed by atoms with Crippen molar-refractivity contribution in [1.82, 2.24) is 24.2 Å². The number of amides is 1. The number of hydrogen-bond acceptors (Lipinski definition) is 6. The predicted molar refractivity (Wildman–Crippen MR) is 96.0 cm³/mol. The van der Waals surface area contributed by atoms with Crippen molar-refractivity contribution < 1.29 is 13.9 Å². The number of anilines is 1. The van der Waals surface area contributed by atoms with Gasteiger partial charge in [-0.2, -0.15) is 4.39 Å². The number of carbonyl (C=O) groups excluding carboxylic acids is 1. The second-order valence-electron chi connectivity index (χ2n) is 6.96. The van der Waals surface area contributed by atoms with E-state index in [-0.39, 0.29) is 17.8 Å². The van der Waals surface area contributed by atoms with E-state index in [9.17, 15) is 9.18 Å². The normalized spacial score (nSPS) is 24.5. The SMILES string of the molecule is CC(C)N1CC(=O)N2C[C@H](c3nc(Br)c4c(N)ncc(F)n34)OC[C@H]2C1. The van der Waals surface area contributed by atoms with Gasteiger partial charge in [0.05, 0.1) is 31.9 Å². The minimum absolute atomic E-state index is 0.00106. The number of imidazole rings is 1. The van der Waals surface area contributed by atoms with E-state index in [2.05, 4.69) is 44.6 Å². The highest BCUT2D eigenvalue weighted by molar-refractivity contribution is 9.10. The Kier molecular flexibility index (Phi) is 4.36. The Bertz CT molecular complexity index is 872. The highest BCUT2D eigenvalue weighted by Gasteiger charge is 2.40. The van der Waals surface area contributed by atoms with Gasteiger partial charge in [0.1, 0.15) is 22.0 Å². The number of halogens is 2. The molecule has 2 saturated heterocycles. The van der Waals surface area contributed by atoms with Crippen LogP contribution in [0.3, 0.4) is 0 Å². The summed E-state index contributed by atoms with van der Waals surface area (Å²) in [6.45, 7) is 6.03. The fourth-order valence-electron chi connectivity index (χ4n) is 3.61. The quantitative estimate of drug-likeness (QED) is 0.775. The number of nitrogens with two attached hydrogens (primary N) is 1. The van der Waals surface area contributed by atoms with Gasteiger partial charge >= 0.3 is 0 Å². The highest BCUT2D eigenvalue weighted by atomic mass is 79.9. The van der Waals surface area contributed by atoms with Crippen LogP contribution in [0.25, 0.3) is 5.52 Å². The molecule has 4 heterocycles. The van der Waals surface area contributed by atoms with Gasteiger partial charge in [0.25, 0.3) is 0 Å². The Hall–Kier alpha value is -1.78. The number of hydrogen-bond donors (Lipinski definition) is 1. The first-order valence-electron chi connectivity index (χ1n) is 8.49. The van der Waals surface area contributed by atoms with E-state index in [4.69, 9.17) is 10.5 Å². The first-order valence-corrected chi connectivity index (χ1v) is 9.29. The molecule has 0 unspecified atom stereocenters. The van der Waals surface area contributed by atoms with Crippen LogP contribution in [0.15, 0.2) is 10.8 Å². The van der Waals surface area contributed by atoms with Crippen LogP contribution in [-0.4, -0.2) is 68.4 Å². The zero-order chi connectivity index (χ0) is 18.6. The molecule has 2 atom stereocenters. The number of nitrogen functional groups attached to an aromatic ring is 1. The third-order valence-electron chi connectivity index (χ3n) is 5.04. The highest BCUT2D eigenvalue weighted by Crippen LogP contribution is 2.32. The number of morpholine rings is 1. The minimum Gasteiger partial charge on any atom is -0.382 e. The number of ether oxygens (including phenoxy) is 1. The van der Waals surface area contributed by atoms with Crippen LogP contribution in [0, 0.1) is 5.95 Å². The van der Waals surface area contributed by atoms with E-state index in [1.807, 2.05) is 4.90 Å². The van der Waals surface area contributed by atoms with Crippen LogP contribution in [0.1, 0.15) is 25.8 Å². The largest absolute Gasteiger partial charge is 0.382 e. The molecule has 2 aromatic rings. The Balaban J connectivity index is 1.65. The van der Waals surface area contributed by atoms with Crippen LogP contribution in [0.2, 0.25) is 0 Å². The van der Waals surface area contributed by atoms with Crippen LogP contribution < -0.4 is 5.73 Å². The molecule has 140 valence electrons. The van der Waals surface area contributed by atoms with Gasteiger partial charge in [0, 0.05) is 12.6 Å². The topological polar surface area (TPSA) is 89.0 Å². The summed E-state index contributed by atoms with van der Waals surface area (Å²) >= 11 is 3.31. The van der Waals surface area contributed by atoms with E-state index < -0.39 is 12.1 Å². The van der Waals surface area contributed by atoms with Crippen molar-refractivity contribution in [3.05, 3.63) is 22.6 Å². The molecule has 0 bridgehead atoms. The molecule has 2 aliphatic rings. The molecule has 0 aromatic carbocycles. The lowest BCUT2D eigenvalue weighted by Crippen LogP contribution is -2.62. The number of nitrogens with zero attached hydrogens (tertiary/aromatic N) is 5. The maximum absolute atomic E-state index is 14.4. The van der Waals surface area contributed by atoms with Crippen molar-refractivity contribution in [2.45, 2.75) is 32.0 Å². The number of aromatic nitrogens is 3. The standard InChI is InChI=1S/C16H20BrFN6O2/c1-8(2)22-4-9-7-26-10(5-23(9)12(25)6-22)16-21-14(17)13-15(19)20-3-11(18)24(13)16/h3,8-10H,4-7H2,1-2H3,(H2,19,20)/t9-,10-/m1/s1. The lowest BCUT2D eigenvalue weighted by molar-refractivity contribution is -0.157. The minimum atomic E-state index is -0.580. The summed E-state index contributed by atoms with van der Waals surface area (Å²) in [7, 11) is 0. The average molecular weight is 427 g/mol. The second kappa shape index (κ2) is 6.43. The molecule has 2 aromatic heterocycles. The Labute approximate surface area is 158 Å². The summed E-state index contributed by atoms with van der Waals surface area (Å²) < 4.78 is 22.1. The molecular weight excluding hydrogens is 407 g/mol. The van der Waals surface area contributed by atoms with Crippen LogP contribution >= 0.6 is 15.9 Å². The van der Waals surface area contributed by atoms with Crippen molar-refractivity contribution in [1.29, 1.82) is 0 Å². The molecular formula is C16H20BrFN6O2. The molecule has 2 N–H and O–H groups in total. The molecule has 4 rings (SSSR count). The van der Waals surface area contributed by atoms with Crippen molar-refractivity contribution in [3.63, 3.8) is 0 Å². The molecule has 26 heavy (non-hydrogen) atoms. The second-order valence-corrected chi connectivity index (χ2v) is 7.71. The lowest BCUT2D eigenvalue weighted by Gasteiger charge is -2.46. The zero-order valence-electron chi connectivity index (χ0n) is 14.5. The smallest absolute Gasteiger partial charge is 0.237 e. The van der Waals surface area contributed by atoms with E-state index in [1.165, 1.54) is 4.40 Å². The van der Waals surface area contributed by atoms with E-state index >= 15 is 0 Å². The van der Waals surface area contributed by atoms with E-state index in [0.29, 0.717) is 41.7 Å². The van der Waals surface area contributed by atoms with Gasteiger partial charge < -0.3 is 15.4 Å². The van der Waals surface area contributed by atoms with Crippen LogP contribution in [-0.2, 0) is 9.53 Å². The monoisotopic (exact) mass is 426 g/mol. The van der Waals surface area contributed by atoms with Gasteiger partial charge in [-0.3, -0.25) is 14.1 Å². The average Bonchev–Trinajstić information content (AvgIpc) is 2.96. The molecule has 2 aliphatic heterocycles. The Morgan fingerprint density at radius 2 is 2.19 bits per heavy atom. The number of carbonyl (C=O) groups is 1. The van der Waals surface area contributed by atoms with Crippen molar-refractivity contribution in [3.8, 4) is 0 Å². The molecule has 8 nitrogen and oxygen atoms in total. The van der Waals surface area contributed by atoms with E-state index in [1.54, 1.807) is 0 Å². The van der Waals surface area contributed by atoms with Crippen molar-refractivity contribution in [2.24, 2.45) is 0 Å². The summed E-state index contributed by atoms with van der Waals surface area (Å²) in [4.78, 5) is 24.8. The van der Waals surface area contributed by atoms with Crippen molar-refractivity contribution >= 4 is 33.2 Å². The predicted octanol–water partition coefficient (Wildman–Crippen LogP) is 1.21. The van der Waals surface area contributed by atoms with Crippen LogP contribution in [0.5, 0.6) is 0 Å². The van der Waals surface area contributed by atoms with Gasteiger partial charge in [0.15, 0.2) is 5.82 Å².